The highest BCUT2D eigenvalue weighted by atomic mass is 16.5. The lowest BCUT2D eigenvalue weighted by molar-refractivity contribution is -0.111. The van der Waals surface area contributed by atoms with E-state index in [4.69, 9.17) is 4.74 Å². The summed E-state index contributed by atoms with van der Waals surface area (Å²) in [6.45, 7) is 5.49. The van der Waals surface area contributed by atoms with E-state index in [1.807, 2.05) is 79.2 Å². The van der Waals surface area contributed by atoms with Crippen molar-refractivity contribution in [3.63, 3.8) is 0 Å². The molecule has 36 heavy (non-hydrogen) atoms. The topological polar surface area (TPSA) is 94.0 Å². The summed E-state index contributed by atoms with van der Waals surface area (Å²) in [6, 6.07) is 19.2. The first-order valence-corrected chi connectivity index (χ1v) is 11.3. The number of carbonyl (C=O) groups is 1. The number of benzene rings is 3. The number of amides is 1. The van der Waals surface area contributed by atoms with Gasteiger partial charge in [0.2, 0.25) is 5.91 Å². The van der Waals surface area contributed by atoms with Crippen LogP contribution < -0.4 is 15.4 Å². The molecule has 3 aromatic carbocycles. The molecule has 1 amide bonds. The summed E-state index contributed by atoms with van der Waals surface area (Å²) < 4.78 is 8.11. The normalized spacial score (nSPS) is 10.7. The third-order valence-corrected chi connectivity index (χ3v) is 5.70. The highest BCUT2D eigenvalue weighted by molar-refractivity contribution is 5.99. The molecule has 5 aromatic rings. The SMILES string of the molecule is C=CC(=O)Nc1cccc(-c2cncnc2Nc2ccc(Oc3ccc4c(c3)ncn4C)c(C)c2)c1. The molecular weight excluding hydrogens is 452 g/mol. The number of aromatic nitrogens is 4. The number of ether oxygens (including phenoxy) is 1. The number of hydrogen-bond donors (Lipinski definition) is 2. The second-order valence-electron chi connectivity index (χ2n) is 8.27. The highest BCUT2D eigenvalue weighted by Gasteiger charge is 2.11. The molecule has 178 valence electrons. The van der Waals surface area contributed by atoms with Gasteiger partial charge in [-0.2, -0.15) is 0 Å². The lowest BCUT2D eigenvalue weighted by Gasteiger charge is -2.14. The van der Waals surface area contributed by atoms with Gasteiger partial charge in [-0.1, -0.05) is 18.7 Å². The number of nitrogens with one attached hydrogen (secondary N) is 2. The van der Waals surface area contributed by atoms with Crippen molar-refractivity contribution in [3.8, 4) is 22.6 Å². The van der Waals surface area contributed by atoms with Crippen molar-refractivity contribution in [2.75, 3.05) is 10.6 Å². The molecule has 0 fully saturated rings. The maximum absolute atomic E-state index is 11.7. The van der Waals surface area contributed by atoms with E-state index in [9.17, 15) is 4.79 Å². The van der Waals surface area contributed by atoms with Gasteiger partial charge in [0.1, 0.15) is 23.6 Å². The number of hydrogen-bond acceptors (Lipinski definition) is 6. The first-order valence-electron chi connectivity index (χ1n) is 11.3. The standard InChI is InChI=1S/C28H24N6O2/c1-4-27(35)32-20-7-5-6-19(13-20)23-15-29-16-30-28(23)33-21-8-11-26(18(2)12-21)36-22-9-10-25-24(14-22)31-17-34(25)3/h4-17H,1H2,2-3H3,(H,32,35)(H,29,30,33). The highest BCUT2D eigenvalue weighted by Crippen LogP contribution is 2.32. The minimum Gasteiger partial charge on any atom is -0.457 e. The molecule has 2 heterocycles. The number of fused-ring (bicyclic) bond motifs is 1. The quantitative estimate of drug-likeness (QED) is 0.280. The fourth-order valence-corrected chi connectivity index (χ4v) is 3.88. The summed E-state index contributed by atoms with van der Waals surface area (Å²) in [4.78, 5) is 24.7. The van der Waals surface area contributed by atoms with Crippen molar-refractivity contribution in [3.05, 3.63) is 97.7 Å². The van der Waals surface area contributed by atoms with E-state index in [0.717, 1.165) is 44.9 Å². The zero-order valence-electron chi connectivity index (χ0n) is 19.9. The third-order valence-electron chi connectivity index (χ3n) is 5.70. The van der Waals surface area contributed by atoms with E-state index in [-0.39, 0.29) is 5.91 Å². The summed E-state index contributed by atoms with van der Waals surface area (Å²) in [5.41, 5.74) is 6.08. The fourth-order valence-electron chi connectivity index (χ4n) is 3.88. The zero-order chi connectivity index (χ0) is 25.1. The third kappa shape index (κ3) is 4.78. The Balaban J connectivity index is 1.37. The van der Waals surface area contributed by atoms with E-state index in [2.05, 4.69) is 32.2 Å². The van der Waals surface area contributed by atoms with Crippen LogP contribution in [0.3, 0.4) is 0 Å². The number of anilines is 3. The Morgan fingerprint density at radius 3 is 2.78 bits per heavy atom. The zero-order valence-corrected chi connectivity index (χ0v) is 19.9. The summed E-state index contributed by atoms with van der Waals surface area (Å²) in [6.07, 6.45) is 6.25. The van der Waals surface area contributed by atoms with Gasteiger partial charge < -0.3 is 19.9 Å². The molecule has 0 radical (unpaired) electrons. The predicted octanol–water partition coefficient (Wildman–Crippen LogP) is 6.00. The molecule has 2 N–H and O–H groups in total. The maximum Gasteiger partial charge on any atom is 0.247 e. The van der Waals surface area contributed by atoms with Gasteiger partial charge in [-0.25, -0.2) is 15.0 Å². The lowest BCUT2D eigenvalue weighted by atomic mass is 10.1. The van der Waals surface area contributed by atoms with Gasteiger partial charge in [-0.3, -0.25) is 4.79 Å². The van der Waals surface area contributed by atoms with Gasteiger partial charge in [-0.05, 0) is 66.6 Å². The van der Waals surface area contributed by atoms with Crippen molar-refractivity contribution in [2.45, 2.75) is 6.92 Å². The van der Waals surface area contributed by atoms with Gasteiger partial charge >= 0.3 is 0 Å². The Hall–Kier alpha value is -4.98. The minimum absolute atomic E-state index is 0.271. The van der Waals surface area contributed by atoms with Crippen LogP contribution in [0.25, 0.3) is 22.2 Å². The Labute approximate surface area is 208 Å². The smallest absolute Gasteiger partial charge is 0.247 e. The van der Waals surface area contributed by atoms with E-state index in [1.54, 1.807) is 12.5 Å². The molecule has 2 aromatic heterocycles. The molecule has 0 atom stereocenters. The molecule has 0 aliphatic rings. The van der Waals surface area contributed by atoms with Crippen LogP contribution in [0.4, 0.5) is 17.2 Å². The molecule has 5 rings (SSSR count). The van der Waals surface area contributed by atoms with E-state index in [0.29, 0.717) is 11.5 Å². The molecule has 0 saturated heterocycles. The summed E-state index contributed by atoms with van der Waals surface area (Å²) >= 11 is 0. The molecule has 0 aliphatic heterocycles. The number of rotatable bonds is 7. The molecular formula is C28H24N6O2. The Morgan fingerprint density at radius 2 is 1.94 bits per heavy atom. The van der Waals surface area contributed by atoms with E-state index >= 15 is 0 Å². The van der Waals surface area contributed by atoms with Crippen LogP contribution in [0.2, 0.25) is 0 Å². The predicted molar refractivity (Wildman–Crippen MR) is 142 cm³/mol. The van der Waals surface area contributed by atoms with Gasteiger partial charge in [0.15, 0.2) is 0 Å². The maximum atomic E-state index is 11.7. The van der Waals surface area contributed by atoms with Gasteiger partial charge in [0.25, 0.3) is 0 Å². The Morgan fingerprint density at radius 1 is 1.06 bits per heavy atom. The Bertz CT molecular complexity index is 1590. The first-order chi connectivity index (χ1) is 17.5. The molecule has 0 unspecified atom stereocenters. The van der Waals surface area contributed by atoms with Crippen LogP contribution in [-0.2, 0) is 11.8 Å². The molecule has 0 aliphatic carbocycles. The monoisotopic (exact) mass is 476 g/mol. The molecule has 8 nitrogen and oxygen atoms in total. The lowest BCUT2D eigenvalue weighted by Crippen LogP contribution is -2.07. The van der Waals surface area contributed by atoms with Crippen molar-refractivity contribution < 1.29 is 9.53 Å². The number of imidazole rings is 1. The average molecular weight is 477 g/mol. The summed E-state index contributed by atoms with van der Waals surface area (Å²) in [7, 11) is 1.96. The van der Waals surface area contributed by atoms with Crippen LogP contribution in [0.15, 0.2) is 92.2 Å². The Kier molecular flexibility index (Phi) is 6.15. The number of carbonyl (C=O) groups excluding carboxylic acids is 1. The second kappa shape index (κ2) is 9.71. The van der Waals surface area contributed by atoms with Crippen molar-refractivity contribution in [2.24, 2.45) is 7.05 Å². The summed E-state index contributed by atoms with van der Waals surface area (Å²) in [5, 5.41) is 6.16. The minimum atomic E-state index is -0.271. The number of aryl methyl sites for hydroxylation is 2. The van der Waals surface area contributed by atoms with Crippen LogP contribution in [-0.4, -0.2) is 25.4 Å². The van der Waals surface area contributed by atoms with E-state index < -0.39 is 0 Å². The van der Waals surface area contributed by atoms with Crippen LogP contribution in [0.1, 0.15) is 5.56 Å². The van der Waals surface area contributed by atoms with Gasteiger partial charge in [0.05, 0.1) is 17.4 Å². The van der Waals surface area contributed by atoms with E-state index in [1.165, 1.54) is 12.4 Å². The van der Waals surface area contributed by atoms with Crippen LogP contribution in [0, 0.1) is 6.92 Å². The molecule has 0 saturated carbocycles. The first kappa shape index (κ1) is 22.8. The number of nitrogens with zero attached hydrogens (tertiary/aromatic N) is 4. The second-order valence-corrected chi connectivity index (χ2v) is 8.27. The van der Waals surface area contributed by atoms with Crippen LogP contribution >= 0.6 is 0 Å². The van der Waals surface area contributed by atoms with Crippen LogP contribution in [0.5, 0.6) is 11.5 Å². The van der Waals surface area contributed by atoms with Gasteiger partial charge in [-0.15, -0.1) is 0 Å². The van der Waals surface area contributed by atoms with Crippen molar-refractivity contribution in [1.29, 1.82) is 0 Å². The molecule has 0 bridgehead atoms. The largest absolute Gasteiger partial charge is 0.457 e. The molecule has 8 heteroatoms. The molecule has 0 spiro atoms. The fraction of sp³-hybridized carbons (Fsp3) is 0.0714. The van der Waals surface area contributed by atoms with Gasteiger partial charge in [0, 0.05) is 36.2 Å². The summed E-state index contributed by atoms with van der Waals surface area (Å²) in [5.74, 6) is 1.86. The van der Waals surface area contributed by atoms with Crippen molar-refractivity contribution in [1.82, 2.24) is 19.5 Å². The average Bonchev–Trinajstić information content (AvgIpc) is 3.26. The van der Waals surface area contributed by atoms with Crippen molar-refractivity contribution >= 4 is 34.1 Å².